The SMILES string of the molecule is O=C(O)c1cc(Cl)cc([NH+]([O-])O)c1O. The fourth-order valence-electron chi connectivity index (χ4n) is 0.925. The molecule has 7 heteroatoms. The fraction of sp³-hybridized carbons (Fsp3) is 0. The van der Waals surface area contributed by atoms with Crippen molar-refractivity contribution in [2.75, 3.05) is 0 Å². The van der Waals surface area contributed by atoms with E-state index in [0.717, 1.165) is 12.1 Å². The summed E-state index contributed by atoms with van der Waals surface area (Å²) in [6.07, 6.45) is 0. The molecule has 0 saturated carbocycles. The second-order valence-electron chi connectivity index (χ2n) is 2.46. The number of rotatable bonds is 2. The maximum atomic E-state index is 10.5. The van der Waals surface area contributed by atoms with Crippen LogP contribution in [0.2, 0.25) is 5.02 Å². The summed E-state index contributed by atoms with van der Waals surface area (Å²) in [5, 5.41) is 35.4. The molecule has 1 rings (SSSR count). The van der Waals surface area contributed by atoms with Gasteiger partial charge < -0.3 is 15.4 Å². The first kappa shape index (κ1) is 10.7. The Morgan fingerprint density at radius 3 is 2.50 bits per heavy atom. The van der Waals surface area contributed by atoms with Crippen LogP contribution in [0.1, 0.15) is 10.4 Å². The van der Waals surface area contributed by atoms with E-state index < -0.39 is 28.2 Å². The van der Waals surface area contributed by atoms with E-state index in [9.17, 15) is 15.1 Å². The van der Waals surface area contributed by atoms with Gasteiger partial charge in [0.15, 0.2) is 5.75 Å². The molecule has 1 aromatic carbocycles. The lowest BCUT2D eigenvalue weighted by molar-refractivity contribution is -0.991. The first-order valence-electron chi connectivity index (χ1n) is 3.42. The van der Waals surface area contributed by atoms with Gasteiger partial charge in [0.1, 0.15) is 5.56 Å². The van der Waals surface area contributed by atoms with Gasteiger partial charge in [0, 0.05) is 11.1 Å². The van der Waals surface area contributed by atoms with Gasteiger partial charge in [-0.3, -0.25) is 0 Å². The van der Waals surface area contributed by atoms with Gasteiger partial charge >= 0.3 is 5.97 Å². The highest BCUT2D eigenvalue weighted by Gasteiger charge is 2.19. The second-order valence-corrected chi connectivity index (χ2v) is 2.90. The predicted molar refractivity (Wildman–Crippen MR) is 45.9 cm³/mol. The minimum absolute atomic E-state index is 0.0578. The molecule has 0 bridgehead atoms. The third kappa shape index (κ3) is 1.94. The van der Waals surface area contributed by atoms with Crippen molar-refractivity contribution in [3.63, 3.8) is 0 Å². The van der Waals surface area contributed by atoms with Crippen LogP contribution in [0.3, 0.4) is 0 Å². The number of hydrogen-bond acceptors (Lipinski definition) is 4. The number of aromatic carboxylic acids is 1. The summed E-state index contributed by atoms with van der Waals surface area (Å²) in [5.41, 5.74) is -1.06. The van der Waals surface area contributed by atoms with Crippen LogP contribution in [-0.2, 0) is 0 Å². The van der Waals surface area contributed by atoms with Crippen LogP contribution in [0.15, 0.2) is 12.1 Å². The zero-order chi connectivity index (χ0) is 10.9. The van der Waals surface area contributed by atoms with Crippen molar-refractivity contribution in [2.24, 2.45) is 0 Å². The minimum Gasteiger partial charge on any atom is -0.595 e. The van der Waals surface area contributed by atoms with Crippen molar-refractivity contribution in [3.8, 4) is 5.75 Å². The van der Waals surface area contributed by atoms with Crippen LogP contribution in [0, 0.1) is 5.21 Å². The Labute approximate surface area is 83.1 Å². The summed E-state index contributed by atoms with van der Waals surface area (Å²) in [7, 11) is 0. The van der Waals surface area contributed by atoms with E-state index in [2.05, 4.69) is 0 Å². The average Bonchev–Trinajstić information content (AvgIpc) is 2.07. The largest absolute Gasteiger partial charge is 0.595 e. The first-order chi connectivity index (χ1) is 6.43. The lowest BCUT2D eigenvalue weighted by Crippen LogP contribution is -2.99. The van der Waals surface area contributed by atoms with Crippen LogP contribution in [0.4, 0.5) is 5.69 Å². The molecule has 0 aromatic heterocycles. The maximum absolute atomic E-state index is 10.5. The van der Waals surface area contributed by atoms with Crippen molar-refractivity contribution in [3.05, 3.63) is 27.9 Å². The molecule has 0 aliphatic rings. The quantitative estimate of drug-likeness (QED) is 0.419. The van der Waals surface area contributed by atoms with Crippen LogP contribution in [0.25, 0.3) is 0 Å². The van der Waals surface area contributed by atoms with Gasteiger partial charge in [-0.2, -0.15) is 5.23 Å². The molecule has 1 unspecified atom stereocenters. The molecule has 1 aromatic rings. The Bertz CT molecular complexity index is 379. The Kier molecular flexibility index (Phi) is 2.92. The Morgan fingerprint density at radius 2 is 2.07 bits per heavy atom. The number of carboxylic acid groups (broad SMARTS) is 1. The zero-order valence-corrected chi connectivity index (χ0v) is 7.45. The zero-order valence-electron chi connectivity index (χ0n) is 6.69. The highest BCUT2D eigenvalue weighted by Crippen LogP contribution is 2.28. The smallest absolute Gasteiger partial charge is 0.339 e. The van der Waals surface area contributed by atoms with Gasteiger partial charge in [-0.25, -0.2) is 10.0 Å². The minimum atomic E-state index is -1.44. The maximum Gasteiger partial charge on any atom is 0.339 e. The third-order valence-electron chi connectivity index (χ3n) is 1.54. The number of benzene rings is 1. The van der Waals surface area contributed by atoms with E-state index in [0.29, 0.717) is 0 Å². The molecule has 76 valence electrons. The van der Waals surface area contributed by atoms with E-state index >= 15 is 0 Å². The molecule has 0 fully saturated rings. The van der Waals surface area contributed by atoms with Crippen LogP contribution in [0.5, 0.6) is 5.75 Å². The number of halogens is 1. The molecule has 0 amide bonds. The van der Waals surface area contributed by atoms with E-state index in [1.165, 1.54) is 0 Å². The molecule has 4 N–H and O–H groups in total. The number of aromatic hydroxyl groups is 1. The van der Waals surface area contributed by atoms with Crippen molar-refractivity contribution < 1.29 is 25.4 Å². The lowest BCUT2D eigenvalue weighted by Gasteiger charge is -2.14. The van der Waals surface area contributed by atoms with E-state index in [-0.39, 0.29) is 5.02 Å². The van der Waals surface area contributed by atoms with Gasteiger partial charge in [0.05, 0.1) is 0 Å². The van der Waals surface area contributed by atoms with Gasteiger partial charge in [-0.15, -0.1) is 0 Å². The Balaban J connectivity index is 3.40. The van der Waals surface area contributed by atoms with E-state index in [1.54, 1.807) is 0 Å². The highest BCUT2D eigenvalue weighted by molar-refractivity contribution is 6.31. The number of phenols is 1. The van der Waals surface area contributed by atoms with E-state index in [4.69, 9.17) is 21.9 Å². The van der Waals surface area contributed by atoms with Crippen LogP contribution >= 0.6 is 11.6 Å². The predicted octanol–water partition coefficient (Wildman–Crippen LogP) is 0.147. The van der Waals surface area contributed by atoms with Crippen molar-refractivity contribution in [2.45, 2.75) is 0 Å². The second kappa shape index (κ2) is 3.81. The molecule has 6 nitrogen and oxygen atoms in total. The highest BCUT2D eigenvalue weighted by atomic mass is 35.5. The molecule has 0 radical (unpaired) electrons. The fourth-order valence-corrected chi connectivity index (χ4v) is 1.14. The molecule has 0 aliphatic carbocycles. The van der Waals surface area contributed by atoms with E-state index in [1.807, 2.05) is 0 Å². The summed E-state index contributed by atoms with van der Waals surface area (Å²) in [5.74, 6) is -2.23. The monoisotopic (exact) mass is 219 g/mol. The first-order valence-corrected chi connectivity index (χ1v) is 3.80. The van der Waals surface area contributed by atoms with Gasteiger partial charge in [-0.05, 0) is 6.07 Å². The van der Waals surface area contributed by atoms with Crippen molar-refractivity contribution in [1.82, 2.24) is 0 Å². The molecule has 0 aliphatic heterocycles. The number of nitrogens with one attached hydrogen (secondary N) is 1. The van der Waals surface area contributed by atoms with Crippen LogP contribution in [-0.4, -0.2) is 21.4 Å². The van der Waals surface area contributed by atoms with Crippen LogP contribution < -0.4 is 5.23 Å². The topological polar surface area (TPSA) is 105 Å². The summed E-state index contributed by atoms with van der Waals surface area (Å²) >= 11 is 5.47. The lowest BCUT2D eigenvalue weighted by atomic mass is 10.2. The molecular formula is C7H6ClNO5. The van der Waals surface area contributed by atoms with Gasteiger partial charge in [0.2, 0.25) is 5.69 Å². The van der Waals surface area contributed by atoms with Gasteiger partial charge in [-0.1, -0.05) is 11.6 Å². The Morgan fingerprint density at radius 1 is 1.50 bits per heavy atom. The molecule has 0 heterocycles. The number of carboxylic acids is 1. The standard InChI is InChI=1S/C7H6ClNO5/c8-3-1-4(7(11)12)6(10)5(2-3)9(13)14/h1-2,9-10,13H,(H,11,12). The molecule has 14 heavy (non-hydrogen) atoms. The molecule has 0 saturated heterocycles. The Hall–Kier alpha value is -1.34. The molecule has 0 spiro atoms. The summed E-state index contributed by atoms with van der Waals surface area (Å²) < 4.78 is 0. The van der Waals surface area contributed by atoms with Gasteiger partial charge in [0.25, 0.3) is 0 Å². The molecule has 1 atom stereocenters. The average molecular weight is 220 g/mol. The third-order valence-corrected chi connectivity index (χ3v) is 1.75. The number of hydrogen-bond donors (Lipinski definition) is 4. The number of quaternary nitrogens is 1. The number of carbonyl (C=O) groups is 1. The molecular weight excluding hydrogens is 214 g/mol. The van der Waals surface area contributed by atoms with Crippen molar-refractivity contribution >= 4 is 23.3 Å². The summed E-state index contributed by atoms with van der Waals surface area (Å²) in [6.45, 7) is 0. The van der Waals surface area contributed by atoms with Crippen molar-refractivity contribution in [1.29, 1.82) is 0 Å². The summed E-state index contributed by atoms with van der Waals surface area (Å²) in [6, 6.07) is 1.96. The normalized spacial score (nSPS) is 12.5. The summed E-state index contributed by atoms with van der Waals surface area (Å²) in [4.78, 5) is 10.5.